The Kier molecular flexibility index (Phi) is 3.68. The molecule has 2 aromatic rings. The van der Waals surface area contributed by atoms with Crippen LogP contribution in [-0.4, -0.2) is 19.8 Å². The van der Waals surface area contributed by atoms with Crippen molar-refractivity contribution in [3.63, 3.8) is 0 Å². The molecular formula is C14H13FO3S. The predicted molar refractivity (Wildman–Crippen MR) is 70.0 cm³/mol. The highest BCUT2D eigenvalue weighted by atomic mass is 32.2. The molecule has 1 atom stereocenters. The van der Waals surface area contributed by atoms with Crippen molar-refractivity contribution in [3.05, 3.63) is 65.5 Å². The van der Waals surface area contributed by atoms with Crippen molar-refractivity contribution in [2.24, 2.45) is 0 Å². The van der Waals surface area contributed by atoms with Crippen molar-refractivity contribution < 1.29 is 17.9 Å². The average Bonchev–Trinajstić information content (AvgIpc) is 2.38. The molecular weight excluding hydrogens is 267 g/mol. The summed E-state index contributed by atoms with van der Waals surface area (Å²) < 4.78 is 36.2. The number of hydrogen-bond donors (Lipinski definition) is 1. The summed E-state index contributed by atoms with van der Waals surface area (Å²) in [5.41, 5.74) is 0.604. The lowest BCUT2D eigenvalue weighted by atomic mass is 10.0. The highest BCUT2D eigenvalue weighted by Crippen LogP contribution is 2.25. The molecule has 0 saturated heterocycles. The number of hydrogen-bond acceptors (Lipinski definition) is 3. The van der Waals surface area contributed by atoms with E-state index in [9.17, 15) is 17.9 Å². The fraction of sp³-hybridized carbons (Fsp3) is 0.143. The van der Waals surface area contributed by atoms with Crippen LogP contribution >= 0.6 is 0 Å². The first kappa shape index (κ1) is 13.7. The van der Waals surface area contributed by atoms with E-state index in [1.54, 1.807) is 6.07 Å². The maximum absolute atomic E-state index is 13.5. The van der Waals surface area contributed by atoms with Gasteiger partial charge < -0.3 is 5.11 Å². The van der Waals surface area contributed by atoms with Crippen LogP contribution in [0.1, 0.15) is 17.2 Å². The van der Waals surface area contributed by atoms with E-state index in [2.05, 4.69) is 0 Å². The van der Waals surface area contributed by atoms with Crippen LogP contribution in [0.25, 0.3) is 0 Å². The first-order chi connectivity index (χ1) is 8.89. The third-order valence-electron chi connectivity index (χ3n) is 2.82. The van der Waals surface area contributed by atoms with Crippen LogP contribution in [0.2, 0.25) is 0 Å². The summed E-state index contributed by atoms with van der Waals surface area (Å²) in [6, 6.07) is 11.7. The predicted octanol–water partition coefficient (Wildman–Crippen LogP) is 2.31. The molecule has 0 aromatic heterocycles. The highest BCUT2D eigenvalue weighted by molar-refractivity contribution is 7.90. The van der Waals surface area contributed by atoms with E-state index in [0.29, 0.717) is 5.56 Å². The minimum atomic E-state index is -3.27. The second kappa shape index (κ2) is 5.11. The van der Waals surface area contributed by atoms with Crippen LogP contribution in [0, 0.1) is 5.82 Å². The van der Waals surface area contributed by atoms with Crippen LogP contribution in [-0.2, 0) is 9.84 Å². The second-order valence-corrected chi connectivity index (χ2v) is 6.28. The van der Waals surface area contributed by atoms with Gasteiger partial charge in [0, 0.05) is 11.8 Å². The normalized spacial score (nSPS) is 13.2. The number of rotatable bonds is 3. The topological polar surface area (TPSA) is 54.4 Å². The smallest absolute Gasteiger partial charge is 0.175 e. The summed E-state index contributed by atoms with van der Waals surface area (Å²) in [6.45, 7) is 0. The van der Waals surface area contributed by atoms with Gasteiger partial charge in [0.15, 0.2) is 9.84 Å². The van der Waals surface area contributed by atoms with E-state index in [0.717, 1.165) is 6.26 Å². The fourth-order valence-corrected chi connectivity index (χ4v) is 2.40. The van der Waals surface area contributed by atoms with Gasteiger partial charge in [-0.2, -0.15) is 0 Å². The summed E-state index contributed by atoms with van der Waals surface area (Å²) in [7, 11) is -3.27. The minimum absolute atomic E-state index is 0.162. The monoisotopic (exact) mass is 280 g/mol. The Morgan fingerprint density at radius 1 is 1.05 bits per heavy atom. The number of aliphatic hydroxyl groups is 1. The quantitative estimate of drug-likeness (QED) is 0.938. The lowest BCUT2D eigenvalue weighted by Crippen LogP contribution is -2.03. The third-order valence-corrected chi connectivity index (χ3v) is 3.95. The van der Waals surface area contributed by atoms with Crippen LogP contribution in [0.4, 0.5) is 4.39 Å². The van der Waals surface area contributed by atoms with Gasteiger partial charge in [0.25, 0.3) is 0 Å². The molecule has 0 aliphatic heterocycles. The zero-order valence-corrected chi connectivity index (χ0v) is 11.1. The van der Waals surface area contributed by atoms with Gasteiger partial charge in [0.1, 0.15) is 11.9 Å². The van der Waals surface area contributed by atoms with Crippen LogP contribution < -0.4 is 0 Å². The van der Waals surface area contributed by atoms with E-state index in [4.69, 9.17) is 0 Å². The molecule has 1 unspecified atom stereocenters. The summed E-state index contributed by atoms with van der Waals surface area (Å²) in [4.78, 5) is 0.164. The molecule has 0 spiro atoms. The lowest BCUT2D eigenvalue weighted by molar-refractivity contribution is 0.215. The molecule has 0 saturated carbocycles. The van der Waals surface area contributed by atoms with E-state index in [1.807, 2.05) is 0 Å². The van der Waals surface area contributed by atoms with Crippen LogP contribution in [0.15, 0.2) is 53.4 Å². The second-order valence-electron chi connectivity index (χ2n) is 4.27. The molecule has 3 nitrogen and oxygen atoms in total. The minimum Gasteiger partial charge on any atom is -0.384 e. The first-order valence-corrected chi connectivity index (χ1v) is 7.51. The Labute approximate surface area is 111 Å². The largest absolute Gasteiger partial charge is 0.384 e. The number of sulfone groups is 1. The molecule has 2 aromatic carbocycles. The van der Waals surface area contributed by atoms with E-state index < -0.39 is 21.8 Å². The van der Waals surface area contributed by atoms with E-state index >= 15 is 0 Å². The van der Waals surface area contributed by atoms with Gasteiger partial charge in [-0.15, -0.1) is 0 Å². The Bertz CT molecular complexity index is 678. The molecule has 0 aliphatic rings. The number of aliphatic hydroxyl groups excluding tert-OH is 1. The highest BCUT2D eigenvalue weighted by Gasteiger charge is 2.15. The summed E-state index contributed by atoms with van der Waals surface area (Å²) >= 11 is 0. The number of halogens is 1. The Balaban J connectivity index is 2.36. The molecule has 0 heterocycles. The van der Waals surface area contributed by atoms with Crippen molar-refractivity contribution in [1.82, 2.24) is 0 Å². The van der Waals surface area contributed by atoms with E-state index in [1.165, 1.54) is 42.5 Å². The van der Waals surface area contributed by atoms with Crippen molar-refractivity contribution in [1.29, 1.82) is 0 Å². The SMILES string of the molecule is CS(=O)(=O)c1ccc(C(O)c2ccccc2F)cc1. The molecule has 0 aliphatic carbocycles. The summed E-state index contributed by atoms with van der Waals surface area (Å²) in [6.07, 6.45) is -0.00947. The average molecular weight is 280 g/mol. The standard InChI is InChI=1S/C14H13FO3S/c1-19(17,18)11-8-6-10(7-9-11)14(16)12-4-2-3-5-13(12)15/h2-9,14,16H,1H3. The summed E-state index contributed by atoms with van der Waals surface area (Å²) in [5.74, 6) is -0.498. The molecule has 5 heteroatoms. The van der Waals surface area contributed by atoms with Gasteiger partial charge >= 0.3 is 0 Å². The van der Waals surface area contributed by atoms with Crippen molar-refractivity contribution in [2.45, 2.75) is 11.0 Å². The van der Waals surface area contributed by atoms with Gasteiger partial charge in [-0.05, 0) is 23.8 Å². The molecule has 0 fully saturated rings. The van der Waals surface area contributed by atoms with Crippen molar-refractivity contribution >= 4 is 9.84 Å². The van der Waals surface area contributed by atoms with Crippen molar-refractivity contribution in [3.8, 4) is 0 Å². The molecule has 100 valence electrons. The maximum Gasteiger partial charge on any atom is 0.175 e. The van der Waals surface area contributed by atoms with Gasteiger partial charge in [-0.3, -0.25) is 0 Å². The van der Waals surface area contributed by atoms with Gasteiger partial charge in [-0.25, -0.2) is 12.8 Å². The van der Waals surface area contributed by atoms with Crippen molar-refractivity contribution in [2.75, 3.05) is 6.26 Å². The van der Waals surface area contributed by atoms with Gasteiger partial charge in [0.2, 0.25) is 0 Å². The molecule has 1 N–H and O–H groups in total. The molecule has 2 rings (SSSR count). The Morgan fingerprint density at radius 3 is 2.16 bits per heavy atom. The molecule has 0 amide bonds. The van der Waals surface area contributed by atoms with Crippen LogP contribution in [0.5, 0.6) is 0 Å². The first-order valence-electron chi connectivity index (χ1n) is 5.62. The zero-order valence-electron chi connectivity index (χ0n) is 10.2. The zero-order chi connectivity index (χ0) is 14.0. The Morgan fingerprint density at radius 2 is 1.63 bits per heavy atom. The lowest BCUT2D eigenvalue weighted by Gasteiger charge is -2.12. The van der Waals surface area contributed by atoms with E-state index in [-0.39, 0.29) is 10.5 Å². The molecule has 0 radical (unpaired) electrons. The molecule has 19 heavy (non-hydrogen) atoms. The van der Waals surface area contributed by atoms with Crippen LogP contribution in [0.3, 0.4) is 0 Å². The van der Waals surface area contributed by atoms with Gasteiger partial charge in [-0.1, -0.05) is 30.3 Å². The third kappa shape index (κ3) is 3.00. The fourth-order valence-electron chi connectivity index (χ4n) is 1.77. The summed E-state index contributed by atoms with van der Waals surface area (Å²) in [5, 5.41) is 10.1. The van der Waals surface area contributed by atoms with Gasteiger partial charge in [0.05, 0.1) is 4.90 Å². The molecule has 0 bridgehead atoms. The number of benzene rings is 2. The Hall–Kier alpha value is -1.72. The maximum atomic E-state index is 13.5.